The van der Waals surface area contributed by atoms with Gasteiger partial charge >= 0.3 is 0 Å². The Morgan fingerprint density at radius 3 is 2.52 bits per heavy atom. The number of aromatic nitrogens is 1. The minimum absolute atomic E-state index is 0.706. The zero-order valence-electron chi connectivity index (χ0n) is 14.0. The van der Waals surface area contributed by atoms with Gasteiger partial charge in [-0.3, -0.25) is 0 Å². The number of hydrogen-bond donors (Lipinski definition) is 1. The highest BCUT2D eigenvalue weighted by Crippen LogP contribution is 2.29. The van der Waals surface area contributed by atoms with Gasteiger partial charge in [-0.15, -0.1) is 11.3 Å². The first kappa shape index (κ1) is 16.8. The summed E-state index contributed by atoms with van der Waals surface area (Å²) in [6.07, 6.45) is 7.70. The molecule has 0 amide bonds. The normalized spacial score (nSPS) is 16.5. The van der Waals surface area contributed by atoms with Crippen LogP contribution in [0.3, 0.4) is 0 Å². The Hall–Kier alpha value is -0.610. The second-order valence-electron chi connectivity index (χ2n) is 6.54. The van der Waals surface area contributed by atoms with Crippen LogP contribution in [0.2, 0.25) is 0 Å². The van der Waals surface area contributed by atoms with E-state index in [2.05, 4.69) is 31.0 Å². The largest absolute Gasteiger partial charge is 0.348 e. The van der Waals surface area contributed by atoms with Gasteiger partial charge in [0.05, 0.1) is 5.69 Å². The third-order valence-electron chi connectivity index (χ3n) is 3.97. The zero-order valence-corrected chi connectivity index (χ0v) is 14.8. The van der Waals surface area contributed by atoms with Crippen molar-refractivity contribution in [2.45, 2.75) is 65.8 Å². The minimum Gasteiger partial charge on any atom is -0.348 e. The van der Waals surface area contributed by atoms with Crippen LogP contribution in [0.5, 0.6) is 0 Å². The van der Waals surface area contributed by atoms with Gasteiger partial charge in [0.15, 0.2) is 5.13 Å². The van der Waals surface area contributed by atoms with E-state index >= 15 is 0 Å². The van der Waals surface area contributed by atoms with Crippen LogP contribution in [0.15, 0.2) is 0 Å². The van der Waals surface area contributed by atoms with E-state index in [1.165, 1.54) is 60.9 Å². The number of rotatable bonds is 7. The third-order valence-corrected chi connectivity index (χ3v) is 5.13. The summed E-state index contributed by atoms with van der Waals surface area (Å²) in [5.74, 6) is 0.706. The van der Waals surface area contributed by atoms with Gasteiger partial charge in [-0.25, -0.2) is 4.98 Å². The molecule has 0 unspecified atom stereocenters. The Bertz CT molecular complexity index is 406. The molecule has 1 aliphatic heterocycles. The molecular formula is C17H31N3S. The van der Waals surface area contributed by atoms with Crippen LogP contribution in [-0.2, 0) is 13.0 Å². The second-order valence-corrected chi connectivity index (χ2v) is 7.60. The quantitative estimate of drug-likeness (QED) is 0.817. The summed E-state index contributed by atoms with van der Waals surface area (Å²) in [6.45, 7) is 11.2. The van der Waals surface area contributed by atoms with Gasteiger partial charge in [0.1, 0.15) is 0 Å². The number of thiazole rings is 1. The van der Waals surface area contributed by atoms with Crippen molar-refractivity contribution >= 4 is 16.5 Å². The molecule has 1 saturated heterocycles. The average molecular weight is 310 g/mol. The van der Waals surface area contributed by atoms with E-state index in [4.69, 9.17) is 4.98 Å². The maximum atomic E-state index is 4.97. The lowest BCUT2D eigenvalue weighted by Gasteiger charge is -2.18. The van der Waals surface area contributed by atoms with Crippen molar-refractivity contribution < 1.29 is 0 Å². The number of nitrogens with zero attached hydrogens (tertiary/aromatic N) is 2. The SMILES string of the molecule is CCCc1nc(N2CCCCCC2)sc1CNCC(C)C. The van der Waals surface area contributed by atoms with Gasteiger partial charge in [0.2, 0.25) is 0 Å². The van der Waals surface area contributed by atoms with E-state index in [0.717, 1.165) is 19.5 Å². The lowest BCUT2D eigenvalue weighted by Crippen LogP contribution is -2.23. The molecule has 2 rings (SSSR count). The molecule has 0 atom stereocenters. The van der Waals surface area contributed by atoms with Crippen LogP contribution >= 0.6 is 11.3 Å². The molecule has 1 fully saturated rings. The molecular weight excluding hydrogens is 278 g/mol. The molecule has 0 saturated carbocycles. The highest BCUT2D eigenvalue weighted by molar-refractivity contribution is 7.15. The summed E-state index contributed by atoms with van der Waals surface area (Å²) >= 11 is 1.92. The topological polar surface area (TPSA) is 28.2 Å². The fourth-order valence-corrected chi connectivity index (χ4v) is 3.94. The number of hydrogen-bond acceptors (Lipinski definition) is 4. The van der Waals surface area contributed by atoms with Gasteiger partial charge in [-0.05, 0) is 31.7 Å². The molecule has 0 aromatic carbocycles. The smallest absolute Gasteiger partial charge is 0.185 e. The fourth-order valence-electron chi connectivity index (χ4n) is 2.81. The molecule has 2 heterocycles. The number of aryl methyl sites for hydroxylation is 1. The zero-order chi connectivity index (χ0) is 15.1. The van der Waals surface area contributed by atoms with E-state index in [0.29, 0.717) is 5.92 Å². The first-order valence-electron chi connectivity index (χ1n) is 8.65. The Kier molecular flexibility index (Phi) is 6.97. The molecule has 21 heavy (non-hydrogen) atoms. The van der Waals surface area contributed by atoms with E-state index in [1.807, 2.05) is 11.3 Å². The second kappa shape index (κ2) is 8.74. The molecule has 4 heteroatoms. The van der Waals surface area contributed by atoms with Gasteiger partial charge in [-0.2, -0.15) is 0 Å². The summed E-state index contributed by atoms with van der Waals surface area (Å²) in [5, 5.41) is 4.85. The van der Waals surface area contributed by atoms with Crippen LogP contribution in [0, 0.1) is 5.92 Å². The van der Waals surface area contributed by atoms with Gasteiger partial charge in [0, 0.05) is 24.5 Å². The lowest BCUT2D eigenvalue weighted by molar-refractivity contribution is 0.553. The van der Waals surface area contributed by atoms with Crippen molar-refractivity contribution in [2.24, 2.45) is 5.92 Å². The van der Waals surface area contributed by atoms with Crippen LogP contribution < -0.4 is 10.2 Å². The van der Waals surface area contributed by atoms with Gasteiger partial charge in [0.25, 0.3) is 0 Å². The Balaban J connectivity index is 2.03. The minimum atomic E-state index is 0.706. The maximum absolute atomic E-state index is 4.97. The molecule has 0 radical (unpaired) electrons. The summed E-state index contributed by atoms with van der Waals surface area (Å²) in [5.41, 5.74) is 1.33. The van der Waals surface area contributed by atoms with Crippen molar-refractivity contribution in [1.29, 1.82) is 0 Å². The summed E-state index contributed by atoms with van der Waals surface area (Å²) in [7, 11) is 0. The van der Waals surface area contributed by atoms with Crippen LogP contribution in [0.25, 0.3) is 0 Å². The van der Waals surface area contributed by atoms with E-state index in [-0.39, 0.29) is 0 Å². The Morgan fingerprint density at radius 2 is 1.90 bits per heavy atom. The van der Waals surface area contributed by atoms with E-state index in [1.54, 1.807) is 0 Å². The predicted octanol–water partition coefficient (Wildman–Crippen LogP) is 4.22. The highest BCUT2D eigenvalue weighted by atomic mass is 32.1. The van der Waals surface area contributed by atoms with Crippen molar-refractivity contribution in [3.8, 4) is 0 Å². The molecule has 1 aromatic rings. The predicted molar refractivity (Wildman–Crippen MR) is 93.3 cm³/mol. The Morgan fingerprint density at radius 1 is 1.19 bits per heavy atom. The van der Waals surface area contributed by atoms with Crippen molar-refractivity contribution in [3.05, 3.63) is 10.6 Å². The molecule has 120 valence electrons. The first-order chi connectivity index (χ1) is 10.2. The van der Waals surface area contributed by atoms with Crippen molar-refractivity contribution in [3.63, 3.8) is 0 Å². The molecule has 0 aliphatic carbocycles. The number of anilines is 1. The van der Waals surface area contributed by atoms with Crippen molar-refractivity contribution in [1.82, 2.24) is 10.3 Å². The first-order valence-corrected chi connectivity index (χ1v) is 9.46. The maximum Gasteiger partial charge on any atom is 0.185 e. The van der Waals surface area contributed by atoms with Crippen LogP contribution in [0.1, 0.15) is 63.4 Å². The molecule has 1 aromatic heterocycles. The summed E-state index contributed by atoms with van der Waals surface area (Å²) in [6, 6.07) is 0. The van der Waals surface area contributed by atoms with Crippen LogP contribution in [0.4, 0.5) is 5.13 Å². The fraction of sp³-hybridized carbons (Fsp3) is 0.824. The highest BCUT2D eigenvalue weighted by Gasteiger charge is 2.17. The molecule has 1 N–H and O–H groups in total. The molecule has 1 aliphatic rings. The van der Waals surface area contributed by atoms with Gasteiger partial charge in [-0.1, -0.05) is 40.0 Å². The lowest BCUT2D eigenvalue weighted by atomic mass is 10.2. The van der Waals surface area contributed by atoms with E-state index in [9.17, 15) is 0 Å². The molecule has 0 bridgehead atoms. The number of nitrogens with one attached hydrogen (secondary N) is 1. The summed E-state index contributed by atoms with van der Waals surface area (Å²) in [4.78, 5) is 8.94. The van der Waals surface area contributed by atoms with E-state index < -0.39 is 0 Å². The van der Waals surface area contributed by atoms with Crippen LogP contribution in [-0.4, -0.2) is 24.6 Å². The molecule has 0 spiro atoms. The Labute approximate surface area is 134 Å². The molecule has 3 nitrogen and oxygen atoms in total. The summed E-state index contributed by atoms with van der Waals surface area (Å²) < 4.78 is 0. The van der Waals surface area contributed by atoms with Crippen molar-refractivity contribution in [2.75, 3.05) is 24.5 Å². The van der Waals surface area contributed by atoms with Gasteiger partial charge < -0.3 is 10.2 Å². The monoisotopic (exact) mass is 309 g/mol. The third kappa shape index (κ3) is 5.26. The average Bonchev–Trinajstić information content (AvgIpc) is 2.68. The standard InChI is InChI=1S/C17H31N3S/c1-4-9-15-16(13-18-12-14(2)3)21-17(19-15)20-10-7-5-6-8-11-20/h14,18H,4-13H2,1-3H3.